The average molecular weight is 377 g/mol. The molecule has 4 heteroatoms. The molecule has 3 fully saturated rings. The van der Waals surface area contributed by atoms with Gasteiger partial charge in [0.2, 0.25) is 0 Å². The lowest BCUT2D eigenvalue weighted by molar-refractivity contribution is -0.0816. The van der Waals surface area contributed by atoms with Crippen molar-refractivity contribution in [2.24, 2.45) is 5.41 Å². The van der Waals surface area contributed by atoms with E-state index in [0.29, 0.717) is 5.41 Å². The lowest BCUT2D eigenvalue weighted by Crippen LogP contribution is -2.47. The van der Waals surface area contributed by atoms with Crippen LogP contribution >= 0.6 is 11.3 Å². The molecule has 4 rings (SSSR count). The van der Waals surface area contributed by atoms with Crippen LogP contribution in [0.2, 0.25) is 0 Å². The molecular weight excluding hydrogens is 340 g/mol. The van der Waals surface area contributed by atoms with Crippen LogP contribution in [-0.2, 0) is 10.3 Å². The molecular formula is C22H36N2OS. The Balaban J connectivity index is 1.35. The van der Waals surface area contributed by atoms with Crippen LogP contribution in [0.15, 0.2) is 17.5 Å². The van der Waals surface area contributed by atoms with Crippen molar-refractivity contribution in [1.29, 1.82) is 0 Å². The van der Waals surface area contributed by atoms with Gasteiger partial charge in [-0.25, -0.2) is 0 Å². The molecule has 1 aromatic rings. The van der Waals surface area contributed by atoms with Crippen molar-refractivity contribution in [3.8, 4) is 0 Å². The van der Waals surface area contributed by atoms with Crippen molar-refractivity contribution in [1.82, 2.24) is 9.80 Å². The first-order valence-corrected chi connectivity index (χ1v) is 11.4. The van der Waals surface area contributed by atoms with Gasteiger partial charge in [-0.1, -0.05) is 6.07 Å². The van der Waals surface area contributed by atoms with Gasteiger partial charge in [0, 0.05) is 25.1 Å². The zero-order valence-corrected chi connectivity index (χ0v) is 17.7. The van der Waals surface area contributed by atoms with Gasteiger partial charge in [0.05, 0.1) is 11.1 Å². The number of rotatable bonds is 6. The van der Waals surface area contributed by atoms with E-state index in [2.05, 4.69) is 41.4 Å². The smallest absolute Gasteiger partial charge is 0.0691 e. The summed E-state index contributed by atoms with van der Waals surface area (Å²) in [6.07, 6.45) is 11.9. The molecule has 3 nitrogen and oxygen atoms in total. The maximum Gasteiger partial charge on any atom is 0.0691 e. The number of thiophene rings is 1. The second-order valence-electron chi connectivity index (χ2n) is 9.42. The highest BCUT2D eigenvalue weighted by atomic mass is 32.1. The molecule has 146 valence electrons. The Hall–Kier alpha value is -0.420. The summed E-state index contributed by atoms with van der Waals surface area (Å²) < 4.78 is 5.83. The molecule has 1 spiro atoms. The molecule has 0 aromatic carbocycles. The first-order chi connectivity index (χ1) is 12.5. The van der Waals surface area contributed by atoms with Crippen molar-refractivity contribution in [2.75, 3.05) is 40.8 Å². The average Bonchev–Trinajstić information content (AvgIpc) is 3.26. The molecule has 0 amide bonds. The van der Waals surface area contributed by atoms with Crippen LogP contribution in [0.25, 0.3) is 0 Å². The van der Waals surface area contributed by atoms with Gasteiger partial charge < -0.3 is 9.64 Å². The molecule has 2 heterocycles. The molecule has 1 aliphatic heterocycles. The number of nitrogens with zero attached hydrogens (tertiary/aromatic N) is 2. The minimum atomic E-state index is 0.224. The lowest BCUT2D eigenvalue weighted by atomic mass is 9.66. The zero-order chi connectivity index (χ0) is 18.3. The van der Waals surface area contributed by atoms with Gasteiger partial charge in [-0.15, -0.1) is 11.3 Å². The third-order valence-electron chi connectivity index (χ3n) is 8.07. The third kappa shape index (κ3) is 3.28. The van der Waals surface area contributed by atoms with Crippen LogP contribution in [0.3, 0.4) is 0 Å². The Morgan fingerprint density at radius 2 is 1.88 bits per heavy atom. The van der Waals surface area contributed by atoms with E-state index in [-0.39, 0.29) is 11.1 Å². The summed E-state index contributed by atoms with van der Waals surface area (Å²) in [5, 5.41) is 2.24. The van der Waals surface area contributed by atoms with Gasteiger partial charge in [-0.2, -0.15) is 0 Å². The fourth-order valence-electron chi connectivity index (χ4n) is 5.77. The molecule has 3 aliphatic rings. The topological polar surface area (TPSA) is 15.7 Å². The summed E-state index contributed by atoms with van der Waals surface area (Å²) >= 11 is 1.94. The Morgan fingerprint density at radius 3 is 2.42 bits per heavy atom. The molecule has 1 aromatic heterocycles. The monoisotopic (exact) mass is 376 g/mol. The van der Waals surface area contributed by atoms with Crippen LogP contribution in [0, 0.1) is 5.41 Å². The normalized spacial score (nSPS) is 34.5. The van der Waals surface area contributed by atoms with Crippen LogP contribution in [-0.4, -0.2) is 56.2 Å². The molecule has 0 N–H and O–H groups in total. The number of hydrogen-bond donors (Lipinski definition) is 0. The summed E-state index contributed by atoms with van der Waals surface area (Å²) in [6, 6.07) is 4.57. The maximum atomic E-state index is 5.83. The summed E-state index contributed by atoms with van der Waals surface area (Å²) in [4.78, 5) is 6.81. The molecule has 2 aliphatic carbocycles. The van der Waals surface area contributed by atoms with E-state index in [1.807, 2.05) is 18.4 Å². The van der Waals surface area contributed by atoms with E-state index >= 15 is 0 Å². The van der Waals surface area contributed by atoms with Crippen molar-refractivity contribution in [3.05, 3.63) is 22.4 Å². The van der Waals surface area contributed by atoms with Crippen LogP contribution in [0.1, 0.15) is 62.7 Å². The predicted octanol–water partition coefficient (Wildman–Crippen LogP) is 4.73. The minimum Gasteiger partial charge on any atom is -0.378 e. The van der Waals surface area contributed by atoms with Crippen molar-refractivity contribution < 1.29 is 4.74 Å². The maximum absolute atomic E-state index is 5.83. The summed E-state index contributed by atoms with van der Waals surface area (Å²) in [7, 11) is 6.47. The van der Waals surface area contributed by atoms with E-state index in [9.17, 15) is 0 Å². The second-order valence-corrected chi connectivity index (χ2v) is 10.4. The molecule has 0 atom stereocenters. The molecule has 26 heavy (non-hydrogen) atoms. The molecule has 0 unspecified atom stereocenters. The first kappa shape index (κ1) is 18.9. The van der Waals surface area contributed by atoms with Gasteiger partial charge >= 0.3 is 0 Å². The van der Waals surface area contributed by atoms with Crippen molar-refractivity contribution in [2.45, 2.75) is 68.9 Å². The summed E-state index contributed by atoms with van der Waals surface area (Å²) in [6.45, 7) is 3.86. The van der Waals surface area contributed by atoms with E-state index in [4.69, 9.17) is 4.74 Å². The van der Waals surface area contributed by atoms with E-state index < -0.39 is 0 Å². The molecule has 0 bridgehead atoms. The Bertz CT molecular complexity index is 580. The van der Waals surface area contributed by atoms with Gasteiger partial charge in [0.25, 0.3) is 0 Å². The van der Waals surface area contributed by atoms with Crippen molar-refractivity contribution >= 4 is 11.3 Å². The SMILES string of the molecule is COC1(CCN2CCC3(CCC(c4cccs4)(N(C)C)CC3)C2)CCC1. The molecule has 1 saturated heterocycles. The van der Waals surface area contributed by atoms with Gasteiger partial charge in [-0.05, 0) is 95.3 Å². The number of likely N-dealkylation sites (tertiary alicyclic amines) is 1. The number of methoxy groups -OCH3 is 1. The fraction of sp³-hybridized carbons (Fsp3) is 0.818. The summed E-state index contributed by atoms with van der Waals surface area (Å²) in [5.41, 5.74) is 1.08. The standard InChI is InChI=1S/C22H36N2OS/c1-23(2)22(19-6-4-17-26-19)11-9-20(10-12-22)13-15-24(18-20)16-14-21(25-3)7-5-8-21/h4,6,17H,5,7-16,18H2,1-3H3. The van der Waals surface area contributed by atoms with E-state index in [1.54, 1.807) is 4.88 Å². The Kier molecular flexibility index (Phi) is 5.24. The minimum absolute atomic E-state index is 0.224. The van der Waals surface area contributed by atoms with Crippen LogP contribution in [0.5, 0.6) is 0 Å². The number of ether oxygens (including phenoxy) is 1. The third-order valence-corrected chi connectivity index (χ3v) is 9.14. The Morgan fingerprint density at radius 1 is 1.12 bits per heavy atom. The number of hydrogen-bond acceptors (Lipinski definition) is 4. The quantitative estimate of drug-likeness (QED) is 0.714. The Labute approximate surface area is 163 Å². The second kappa shape index (κ2) is 7.20. The van der Waals surface area contributed by atoms with E-state index in [1.165, 1.54) is 77.4 Å². The molecule has 2 saturated carbocycles. The van der Waals surface area contributed by atoms with Crippen LogP contribution in [0.4, 0.5) is 0 Å². The molecule has 0 radical (unpaired) electrons. The first-order valence-electron chi connectivity index (χ1n) is 10.5. The highest BCUT2D eigenvalue weighted by molar-refractivity contribution is 7.10. The lowest BCUT2D eigenvalue weighted by Gasteiger charge is -2.48. The van der Waals surface area contributed by atoms with Gasteiger partial charge in [0.1, 0.15) is 0 Å². The van der Waals surface area contributed by atoms with Crippen molar-refractivity contribution in [3.63, 3.8) is 0 Å². The van der Waals surface area contributed by atoms with E-state index in [0.717, 1.165) is 0 Å². The van der Waals surface area contributed by atoms with Gasteiger partial charge in [-0.3, -0.25) is 4.90 Å². The van der Waals surface area contributed by atoms with Gasteiger partial charge in [0.15, 0.2) is 0 Å². The predicted molar refractivity (Wildman–Crippen MR) is 110 cm³/mol. The fourth-order valence-corrected chi connectivity index (χ4v) is 6.83. The largest absolute Gasteiger partial charge is 0.378 e. The summed E-state index contributed by atoms with van der Waals surface area (Å²) in [5.74, 6) is 0. The highest BCUT2D eigenvalue weighted by Crippen LogP contribution is 2.52. The van der Waals surface area contributed by atoms with Crippen LogP contribution < -0.4 is 0 Å². The zero-order valence-electron chi connectivity index (χ0n) is 16.9. The highest BCUT2D eigenvalue weighted by Gasteiger charge is 2.48.